The third kappa shape index (κ3) is 3.98. The molecule has 0 atom stereocenters. The summed E-state index contributed by atoms with van der Waals surface area (Å²) in [4.78, 5) is 16.7. The van der Waals surface area contributed by atoms with Crippen LogP contribution in [-0.2, 0) is 11.2 Å². The molecule has 0 aromatic carbocycles. The summed E-state index contributed by atoms with van der Waals surface area (Å²) in [6, 6.07) is 5.23. The van der Waals surface area contributed by atoms with Crippen molar-refractivity contribution in [3.8, 4) is 0 Å². The van der Waals surface area contributed by atoms with E-state index in [-0.39, 0.29) is 5.91 Å². The van der Waals surface area contributed by atoms with Gasteiger partial charge >= 0.3 is 0 Å². The van der Waals surface area contributed by atoms with E-state index in [1.807, 2.05) is 11.4 Å². The summed E-state index contributed by atoms with van der Waals surface area (Å²) in [5.74, 6) is -0.0522. The number of hydrogen-bond acceptors (Lipinski definition) is 3. The fourth-order valence-electron chi connectivity index (χ4n) is 1.39. The second kappa shape index (κ2) is 6.18. The number of halogens is 2. The molecule has 0 aliphatic heterocycles. The first-order chi connectivity index (χ1) is 8.63. The quantitative estimate of drug-likeness (QED) is 0.867. The van der Waals surface area contributed by atoms with Gasteiger partial charge in [-0.25, -0.2) is 4.98 Å². The number of carbonyl (C=O) groups excluding carboxylic acids is 1. The molecule has 0 radical (unpaired) electrons. The zero-order chi connectivity index (χ0) is 13.0. The van der Waals surface area contributed by atoms with E-state index in [1.165, 1.54) is 6.20 Å². The highest BCUT2D eigenvalue weighted by Crippen LogP contribution is 2.20. The lowest BCUT2D eigenvalue weighted by molar-refractivity contribution is -0.116. The van der Waals surface area contributed by atoms with E-state index in [1.54, 1.807) is 23.5 Å². The van der Waals surface area contributed by atoms with Gasteiger partial charge in [0.15, 0.2) is 0 Å². The second-order valence-electron chi connectivity index (χ2n) is 3.65. The Morgan fingerprint density at radius 3 is 2.83 bits per heavy atom. The molecule has 0 aliphatic rings. The fourth-order valence-corrected chi connectivity index (χ4v) is 2.58. The van der Waals surface area contributed by atoms with Gasteiger partial charge in [0.1, 0.15) is 5.15 Å². The van der Waals surface area contributed by atoms with Gasteiger partial charge in [0.05, 0.1) is 16.9 Å². The molecule has 2 aromatic heterocycles. The minimum atomic E-state index is -0.0522. The van der Waals surface area contributed by atoms with Crippen LogP contribution in [0.5, 0.6) is 0 Å². The lowest BCUT2D eigenvalue weighted by Crippen LogP contribution is -2.12. The Morgan fingerprint density at radius 2 is 2.22 bits per heavy atom. The molecule has 1 amide bonds. The van der Waals surface area contributed by atoms with Crippen LogP contribution in [0.1, 0.15) is 11.3 Å². The molecule has 0 spiro atoms. The maximum atomic E-state index is 11.7. The van der Waals surface area contributed by atoms with Gasteiger partial charge in [-0.2, -0.15) is 0 Å². The maximum absolute atomic E-state index is 11.7. The fraction of sp³-hybridized carbons (Fsp3) is 0.167. The molecular weight excluding hydrogens is 291 g/mol. The summed E-state index contributed by atoms with van der Waals surface area (Å²) in [6.07, 6.45) is 2.63. The van der Waals surface area contributed by atoms with Gasteiger partial charge in [0, 0.05) is 16.7 Å². The van der Waals surface area contributed by atoms with Gasteiger partial charge in [0.25, 0.3) is 0 Å². The smallest absolute Gasteiger partial charge is 0.224 e. The molecule has 2 rings (SSSR count). The third-order valence-electron chi connectivity index (χ3n) is 2.23. The summed E-state index contributed by atoms with van der Waals surface area (Å²) in [5.41, 5.74) is 0.647. The molecule has 94 valence electrons. The van der Waals surface area contributed by atoms with Crippen molar-refractivity contribution in [1.29, 1.82) is 0 Å². The maximum Gasteiger partial charge on any atom is 0.224 e. The summed E-state index contributed by atoms with van der Waals surface area (Å²) < 4.78 is 0. The van der Waals surface area contributed by atoms with Gasteiger partial charge in [-0.1, -0.05) is 23.2 Å². The Labute approximate surface area is 119 Å². The van der Waals surface area contributed by atoms with Crippen LogP contribution in [0.3, 0.4) is 0 Å². The minimum Gasteiger partial charge on any atom is -0.325 e. The highest BCUT2D eigenvalue weighted by atomic mass is 35.5. The molecule has 18 heavy (non-hydrogen) atoms. The van der Waals surface area contributed by atoms with Gasteiger partial charge in [-0.05, 0) is 24.6 Å². The SMILES string of the molecule is O=C(CCc1cc(Cl)cs1)Nc1ccc(Cl)nc1. The van der Waals surface area contributed by atoms with Crippen LogP contribution in [0.25, 0.3) is 0 Å². The highest BCUT2D eigenvalue weighted by Gasteiger charge is 2.05. The predicted octanol–water partition coefficient (Wildman–Crippen LogP) is 4.02. The molecule has 0 aliphatic carbocycles. The minimum absolute atomic E-state index is 0.0522. The molecule has 2 heterocycles. The number of rotatable bonds is 4. The summed E-state index contributed by atoms with van der Waals surface area (Å²) in [7, 11) is 0. The number of nitrogens with one attached hydrogen (secondary N) is 1. The largest absolute Gasteiger partial charge is 0.325 e. The van der Waals surface area contributed by atoms with Crippen molar-refractivity contribution in [3.05, 3.63) is 44.8 Å². The number of aryl methyl sites for hydroxylation is 1. The van der Waals surface area contributed by atoms with Crippen LogP contribution in [-0.4, -0.2) is 10.9 Å². The van der Waals surface area contributed by atoms with Crippen molar-refractivity contribution in [1.82, 2.24) is 4.98 Å². The van der Waals surface area contributed by atoms with Crippen molar-refractivity contribution in [2.24, 2.45) is 0 Å². The first-order valence-corrected chi connectivity index (χ1v) is 6.91. The van der Waals surface area contributed by atoms with Crippen molar-refractivity contribution >= 4 is 46.1 Å². The number of anilines is 1. The van der Waals surface area contributed by atoms with E-state index in [0.29, 0.717) is 23.7 Å². The average molecular weight is 301 g/mol. The monoisotopic (exact) mass is 300 g/mol. The number of thiophene rings is 1. The van der Waals surface area contributed by atoms with Crippen LogP contribution < -0.4 is 5.32 Å². The first-order valence-electron chi connectivity index (χ1n) is 5.28. The van der Waals surface area contributed by atoms with Crippen LogP contribution in [0.4, 0.5) is 5.69 Å². The van der Waals surface area contributed by atoms with E-state index in [2.05, 4.69) is 10.3 Å². The average Bonchev–Trinajstić information content (AvgIpc) is 2.76. The lowest BCUT2D eigenvalue weighted by atomic mass is 10.2. The number of aromatic nitrogens is 1. The summed E-state index contributed by atoms with van der Waals surface area (Å²) >= 11 is 13.0. The Morgan fingerprint density at radius 1 is 1.39 bits per heavy atom. The molecule has 2 aromatic rings. The van der Waals surface area contributed by atoms with Gasteiger partial charge in [-0.3, -0.25) is 4.79 Å². The van der Waals surface area contributed by atoms with E-state index in [9.17, 15) is 4.79 Å². The van der Waals surface area contributed by atoms with Crippen molar-refractivity contribution in [3.63, 3.8) is 0 Å². The summed E-state index contributed by atoms with van der Waals surface area (Å²) in [5, 5.41) is 5.74. The Kier molecular flexibility index (Phi) is 4.58. The standard InChI is InChI=1S/C12H10Cl2N2OS/c13-8-5-10(18-7-8)2-4-12(17)16-9-1-3-11(14)15-6-9/h1,3,5-7H,2,4H2,(H,16,17). The molecule has 3 nitrogen and oxygen atoms in total. The molecule has 6 heteroatoms. The molecule has 0 fully saturated rings. The number of hydrogen-bond donors (Lipinski definition) is 1. The normalized spacial score (nSPS) is 10.3. The first kappa shape index (κ1) is 13.3. The Balaban J connectivity index is 1.83. The Hall–Kier alpha value is -1.10. The molecule has 0 bridgehead atoms. The van der Waals surface area contributed by atoms with E-state index < -0.39 is 0 Å². The second-order valence-corrected chi connectivity index (χ2v) is 5.47. The Bertz CT molecular complexity index is 539. The van der Waals surface area contributed by atoms with E-state index in [0.717, 1.165) is 9.90 Å². The van der Waals surface area contributed by atoms with Crippen molar-refractivity contribution < 1.29 is 4.79 Å². The molecule has 0 unspecified atom stereocenters. The molecule has 1 N–H and O–H groups in total. The highest BCUT2D eigenvalue weighted by molar-refractivity contribution is 7.10. The topological polar surface area (TPSA) is 42.0 Å². The number of amides is 1. The van der Waals surface area contributed by atoms with Crippen LogP contribution >= 0.6 is 34.5 Å². The van der Waals surface area contributed by atoms with Crippen LogP contribution in [0.15, 0.2) is 29.8 Å². The number of pyridine rings is 1. The van der Waals surface area contributed by atoms with Crippen molar-refractivity contribution in [2.75, 3.05) is 5.32 Å². The molecular formula is C12H10Cl2N2OS. The van der Waals surface area contributed by atoms with E-state index >= 15 is 0 Å². The van der Waals surface area contributed by atoms with Crippen LogP contribution in [0, 0.1) is 0 Å². The predicted molar refractivity (Wildman–Crippen MR) is 75.5 cm³/mol. The number of nitrogens with zero attached hydrogens (tertiary/aromatic N) is 1. The molecule has 0 saturated heterocycles. The third-order valence-corrected chi connectivity index (χ3v) is 3.80. The van der Waals surface area contributed by atoms with Crippen molar-refractivity contribution in [2.45, 2.75) is 12.8 Å². The van der Waals surface area contributed by atoms with E-state index in [4.69, 9.17) is 23.2 Å². The van der Waals surface area contributed by atoms with Gasteiger partial charge in [-0.15, -0.1) is 11.3 Å². The van der Waals surface area contributed by atoms with Crippen LogP contribution in [0.2, 0.25) is 10.2 Å². The summed E-state index contributed by atoms with van der Waals surface area (Å²) in [6.45, 7) is 0. The zero-order valence-electron chi connectivity index (χ0n) is 9.32. The van der Waals surface area contributed by atoms with Gasteiger partial charge < -0.3 is 5.32 Å². The number of carbonyl (C=O) groups is 1. The zero-order valence-corrected chi connectivity index (χ0v) is 11.6. The van der Waals surface area contributed by atoms with Gasteiger partial charge in [0.2, 0.25) is 5.91 Å². The molecule has 0 saturated carbocycles. The lowest BCUT2D eigenvalue weighted by Gasteiger charge is -2.03.